The van der Waals surface area contributed by atoms with E-state index in [2.05, 4.69) is 65.3 Å². The Hall–Kier alpha value is -1.78. The first-order chi connectivity index (χ1) is 11.1. The Morgan fingerprint density at radius 1 is 1.26 bits per heavy atom. The van der Waals surface area contributed by atoms with Crippen LogP contribution < -0.4 is 15.5 Å². The second kappa shape index (κ2) is 8.75. The van der Waals surface area contributed by atoms with Crippen molar-refractivity contribution in [2.75, 3.05) is 24.5 Å². The molecule has 5 nitrogen and oxygen atoms in total. The zero-order valence-electron chi connectivity index (χ0n) is 15.0. The monoisotopic (exact) mass is 317 g/mol. The van der Waals surface area contributed by atoms with Crippen LogP contribution in [-0.4, -0.2) is 36.6 Å². The molecule has 1 unspecified atom stereocenters. The number of anilines is 1. The molecule has 2 heterocycles. The van der Waals surface area contributed by atoms with Gasteiger partial charge in [-0.25, -0.2) is 9.98 Å². The topological polar surface area (TPSA) is 52.6 Å². The summed E-state index contributed by atoms with van der Waals surface area (Å²) in [6, 6.07) is 4.65. The molecular weight excluding hydrogens is 286 g/mol. The van der Waals surface area contributed by atoms with Crippen molar-refractivity contribution in [3.63, 3.8) is 0 Å². The average molecular weight is 317 g/mol. The van der Waals surface area contributed by atoms with Crippen molar-refractivity contribution in [2.45, 2.75) is 53.1 Å². The van der Waals surface area contributed by atoms with Gasteiger partial charge in [0, 0.05) is 31.9 Å². The second-order valence-electron chi connectivity index (χ2n) is 6.59. The number of rotatable bonds is 6. The second-order valence-corrected chi connectivity index (χ2v) is 6.59. The first kappa shape index (κ1) is 17.6. The summed E-state index contributed by atoms with van der Waals surface area (Å²) in [7, 11) is 0. The molecule has 1 aliphatic rings. The van der Waals surface area contributed by atoms with Crippen molar-refractivity contribution >= 4 is 11.8 Å². The lowest BCUT2D eigenvalue weighted by Gasteiger charge is -2.20. The van der Waals surface area contributed by atoms with Gasteiger partial charge in [0.15, 0.2) is 5.96 Å². The molecule has 0 amide bonds. The molecule has 1 aromatic heterocycles. The molecule has 0 saturated carbocycles. The molecule has 0 aromatic carbocycles. The van der Waals surface area contributed by atoms with Gasteiger partial charge in [-0.1, -0.05) is 19.9 Å². The zero-order chi connectivity index (χ0) is 16.7. The van der Waals surface area contributed by atoms with Crippen LogP contribution in [0.15, 0.2) is 23.3 Å². The highest BCUT2D eigenvalue weighted by molar-refractivity contribution is 5.80. The van der Waals surface area contributed by atoms with E-state index in [0.717, 1.165) is 37.0 Å². The normalized spacial score (nSPS) is 16.7. The number of hydrogen-bond donors (Lipinski definition) is 2. The summed E-state index contributed by atoms with van der Waals surface area (Å²) in [5.41, 5.74) is 1.14. The summed E-state index contributed by atoms with van der Waals surface area (Å²) in [6.07, 6.45) is 4.51. The van der Waals surface area contributed by atoms with Crippen molar-refractivity contribution in [3.8, 4) is 0 Å². The maximum Gasteiger partial charge on any atom is 0.191 e. The summed E-state index contributed by atoms with van der Waals surface area (Å²) < 4.78 is 0. The van der Waals surface area contributed by atoms with Gasteiger partial charge in [0.1, 0.15) is 5.82 Å². The molecule has 1 aliphatic heterocycles. The molecule has 1 aromatic rings. The first-order valence-corrected chi connectivity index (χ1v) is 8.85. The minimum Gasteiger partial charge on any atom is -0.357 e. The number of pyridine rings is 1. The number of hydrogen-bond acceptors (Lipinski definition) is 3. The molecule has 0 spiro atoms. The maximum atomic E-state index is 4.67. The highest BCUT2D eigenvalue weighted by Crippen LogP contribution is 2.17. The van der Waals surface area contributed by atoms with Crippen LogP contribution in [0.25, 0.3) is 0 Å². The van der Waals surface area contributed by atoms with E-state index in [9.17, 15) is 0 Å². The predicted molar refractivity (Wildman–Crippen MR) is 97.9 cm³/mol. The Morgan fingerprint density at radius 3 is 2.57 bits per heavy atom. The quantitative estimate of drug-likeness (QED) is 0.626. The van der Waals surface area contributed by atoms with E-state index in [1.165, 1.54) is 12.8 Å². The molecule has 2 N–H and O–H groups in total. The third kappa shape index (κ3) is 5.41. The summed E-state index contributed by atoms with van der Waals surface area (Å²) in [5, 5.41) is 6.76. The van der Waals surface area contributed by atoms with Gasteiger partial charge in [-0.15, -0.1) is 0 Å². The van der Waals surface area contributed by atoms with E-state index in [-0.39, 0.29) is 0 Å². The molecule has 0 bridgehead atoms. The molecule has 2 rings (SSSR count). The lowest BCUT2D eigenvalue weighted by Crippen LogP contribution is -2.44. The number of nitrogens with zero attached hydrogens (tertiary/aromatic N) is 3. The van der Waals surface area contributed by atoms with Crippen molar-refractivity contribution in [3.05, 3.63) is 23.9 Å². The van der Waals surface area contributed by atoms with E-state index < -0.39 is 0 Å². The number of aromatic nitrogens is 1. The third-order valence-corrected chi connectivity index (χ3v) is 4.37. The van der Waals surface area contributed by atoms with Crippen LogP contribution in [0.4, 0.5) is 5.82 Å². The molecular formula is C18H31N5. The Morgan fingerprint density at radius 2 is 2.00 bits per heavy atom. The zero-order valence-corrected chi connectivity index (χ0v) is 15.0. The number of nitrogens with one attached hydrogen (secondary N) is 2. The van der Waals surface area contributed by atoms with Gasteiger partial charge < -0.3 is 15.5 Å². The predicted octanol–water partition coefficient (Wildman–Crippen LogP) is 2.78. The lowest BCUT2D eigenvalue weighted by molar-refractivity contribution is 0.481. The smallest absolute Gasteiger partial charge is 0.191 e. The van der Waals surface area contributed by atoms with E-state index in [4.69, 9.17) is 0 Å². The summed E-state index contributed by atoms with van der Waals surface area (Å²) in [4.78, 5) is 11.6. The Labute approximate surface area is 140 Å². The summed E-state index contributed by atoms with van der Waals surface area (Å²) in [6.45, 7) is 12.5. The molecule has 1 fully saturated rings. The Balaban J connectivity index is 1.95. The van der Waals surface area contributed by atoms with Gasteiger partial charge in [-0.05, 0) is 44.2 Å². The van der Waals surface area contributed by atoms with Crippen LogP contribution in [-0.2, 0) is 6.54 Å². The Bertz CT molecular complexity index is 489. The minimum atomic E-state index is 0.392. The highest BCUT2D eigenvalue weighted by atomic mass is 15.2. The minimum absolute atomic E-state index is 0.392. The highest BCUT2D eigenvalue weighted by Gasteiger charge is 2.13. The van der Waals surface area contributed by atoms with Crippen LogP contribution in [0.3, 0.4) is 0 Å². The molecule has 1 saturated heterocycles. The third-order valence-electron chi connectivity index (χ3n) is 4.37. The maximum absolute atomic E-state index is 4.67. The SMILES string of the molecule is CCNC(=NCc1ccc(N2CCCC2)nc1)NC(C)C(C)C. The first-order valence-electron chi connectivity index (χ1n) is 8.85. The van der Waals surface area contributed by atoms with Crippen molar-refractivity contribution in [1.29, 1.82) is 0 Å². The van der Waals surface area contributed by atoms with Gasteiger partial charge in [-0.3, -0.25) is 0 Å². The molecule has 128 valence electrons. The standard InChI is InChI=1S/C18H31N5/c1-5-19-18(22-15(4)14(2)3)21-13-16-8-9-17(20-12-16)23-10-6-7-11-23/h8-9,12,14-15H,5-7,10-11,13H2,1-4H3,(H2,19,21,22). The van der Waals surface area contributed by atoms with Crippen LogP contribution >= 0.6 is 0 Å². The van der Waals surface area contributed by atoms with Crippen LogP contribution in [0.5, 0.6) is 0 Å². The molecule has 0 radical (unpaired) electrons. The van der Waals surface area contributed by atoms with E-state index in [1.54, 1.807) is 0 Å². The number of aliphatic imine (C=N–C) groups is 1. The van der Waals surface area contributed by atoms with Gasteiger partial charge in [0.25, 0.3) is 0 Å². The van der Waals surface area contributed by atoms with Crippen LogP contribution in [0.2, 0.25) is 0 Å². The van der Waals surface area contributed by atoms with E-state index in [1.807, 2.05) is 6.20 Å². The molecule has 5 heteroatoms. The fraction of sp³-hybridized carbons (Fsp3) is 0.667. The van der Waals surface area contributed by atoms with Gasteiger partial charge in [0.2, 0.25) is 0 Å². The lowest BCUT2D eigenvalue weighted by atomic mass is 10.1. The summed E-state index contributed by atoms with van der Waals surface area (Å²) >= 11 is 0. The number of guanidine groups is 1. The Kier molecular flexibility index (Phi) is 6.68. The molecule has 1 atom stereocenters. The summed E-state index contributed by atoms with van der Waals surface area (Å²) in [5.74, 6) is 2.53. The van der Waals surface area contributed by atoms with Crippen LogP contribution in [0.1, 0.15) is 46.1 Å². The van der Waals surface area contributed by atoms with Gasteiger partial charge in [-0.2, -0.15) is 0 Å². The van der Waals surface area contributed by atoms with Crippen LogP contribution in [0, 0.1) is 5.92 Å². The largest absolute Gasteiger partial charge is 0.357 e. The molecule has 23 heavy (non-hydrogen) atoms. The van der Waals surface area contributed by atoms with Crippen molar-refractivity contribution < 1.29 is 0 Å². The van der Waals surface area contributed by atoms with Gasteiger partial charge >= 0.3 is 0 Å². The van der Waals surface area contributed by atoms with E-state index in [0.29, 0.717) is 18.5 Å². The van der Waals surface area contributed by atoms with Crippen molar-refractivity contribution in [1.82, 2.24) is 15.6 Å². The fourth-order valence-corrected chi connectivity index (χ4v) is 2.52. The van der Waals surface area contributed by atoms with Gasteiger partial charge in [0.05, 0.1) is 6.54 Å². The molecule has 0 aliphatic carbocycles. The van der Waals surface area contributed by atoms with Crippen molar-refractivity contribution in [2.24, 2.45) is 10.9 Å². The fourth-order valence-electron chi connectivity index (χ4n) is 2.52. The average Bonchev–Trinajstić information content (AvgIpc) is 3.07. The van der Waals surface area contributed by atoms with E-state index >= 15 is 0 Å².